The Bertz CT molecular complexity index is 3690. The smallest absolute Gasteiger partial charge is 0.143 e. The number of fused-ring (bicyclic) bond motifs is 9. The molecule has 0 bridgehead atoms. The van der Waals surface area contributed by atoms with Crippen molar-refractivity contribution in [3.05, 3.63) is 248 Å². The molecule has 1 aliphatic carbocycles. The highest BCUT2D eigenvalue weighted by atomic mass is 16.3. The van der Waals surface area contributed by atoms with Gasteiger partial charge in [-0.15, -0.1) is 0 Å². The minimum absolute atomic E-state index is 0.0860. The maximum absolute atomic E-state index is 6.39. The molecule has 1 aliphatic rings. The highest BCUT2D eigenvalue weighted by molar-refractivity contribution is 6.10. The average molecular weight is 831 g/mol. The second-order valence-corrected chi connectivity index (χ2v) is 17.2. The summed E-state index contributed by atoms with van der Waals surface area (Å²) in [6.07, 6.45) is 0.896. The Kier molecular flexibility index (Phi) is 8.67. The van der Waals surface area contributed by atoms with Crippen LogP contribution in [0.25, 0.3) is 93.9 Å². The molecule has 12 aromatic rings. The molecule has 0 aliphatic heterocycles. The Morgan fingerprint density at radius 2 is 0.862 bits per heavy atom. The summed E-state index contributed by atoms with van der Waals surface area (Å²) in [6, 6.07) is 86.2. The first kappa shape index (κ1) is 37.2. The van der Waals surface area contributed by atoms with Crippen LogP contribution >= 0.6 is 0 Å². The van der Waals surface area contributed by atoms with Crippen molar-refractivity contribution in [3.8, 4) is 50.2 Å². The Morgan fingerprint density at radius 3 is 1.58 bits per heavy atom. The molecule has 3 heteroatoms. The Labute approximate surface area is 377 Å². The van der Waals surface area contributed by atoms with E-state index in [-0.39, 0.29) is 6.04 Å². The summed E-state index contributed by atoms with van der Waals surface area (Å²) in [4.78, 5) is 2.55. The molecule has 2 aromatic heterocycles. The van der Waals surface area contributed by atoms with E-state index in [1.807, 2.05) is 12.1 Å². The molecule has 10 aromatic carbocycles. The zero-order chi connectivity index (χ0) is 42.8. The summed E-state index contributed by atoms with van der Waals surface area (Å²) >= 11 is 0. The first-order valence-corrected chi connectivity index (χ1v) is 22.5. The van der Waals surface area contributed by atoms with Gasteiger partial charge < -0.3 is 13.9 Å². The molecule has 0 saturated carbocycles. The van der Waals surface area contributed by atoms with Crippen molar-refractivity contribution < 1.29 is 4.42 Å². The number of furan rings is 1. The maximum Gasteiger partial charge on any atom is 0.143 e. The lowest BCUT2D eigenvalue weighted by molar-refractivity contribution is 0.670. The Morgan fingerprint density at radius 1 is 0.369 bits per heavy atom. The highest BCUT2D eigenvalue weighted by Crippen LogP contribution is 2.47. The van der Waals surface area contributed by atoms with Crippen LogP contribution in [0, 0.1) is 0 Å². The summed E-state index contributed by atoms with van der Waals surface area (Å²) in [6.45, 7) is 0. The topological polar surface area (TPSA) is 21.3 Å². The fourth-order valence-corrected chi connectivity index (χ4v) is 10.6. The highest BCUT2D eigenvalue weighted by Gasteiger charge is 2.30. The van der Waals surface area contributed by atoms with E-state index in [4.69, 9.17) is 4.42 Å². The third-order valence-electron chi connectivity index (χ3n) is 13.6. The quantitative estimate of drug-likeness (QED) is 0.160. The fraction of sp³-hybridized carbons (Fsp3) is 0.0323. The zero-order valence-electron chi connectivity index (χ0n) is 35.6. The molecule has 1 atom stereocenters. The number of aromatic nitrogens is 1. The minimum atomic E-state index is 0.0860. The molecule has 0 spiro atoms. The van der Waals surface area contributed by atoms with Gasteiger partial charge in [0.1, 0.15) is 11.2 Å². The van der Waals surface area contributed by atoms with E-state index >= 15 is 0 Å². The van der Waals surface area contributed by atoms with Crippen LogP contribution in [0.5, 0.6) is 0 Å². The standard InChI is InChI=1S/C62H42N2O/c1-2-15-48-45(14-1)40-60(52-18-4-3-17-51(48)52)63(46-36-32-42(33-37-46)41-28-30-44(31-29-41)50-22-13-23-56-55-21-8-12-27-61(55)65-62(50)56)47-38-34-43(35-39-47)49-16-5-9-24-57(49)64-58-25-10-6-19-53(58)54-20-7-11-26-59(54)64/h1-39,60H,40H2. The van der Waals surface area contributed by atoms with Crippen LogP contribution in [0.15, 0.2) is 241 Å². The van der Waals surface area contributed by atoms with Crippen LogP contribution in [-0.4, -0.2) is 4.57 Å². The number of anilines is 2. The SMILES string of the molecule is c1ccc2c(c1)CC(N(c1ccc(-c3ccc(-c4cccc5c4oc4ccccc45)cc3)cc1)c1ccc(-c3ccccc3-n3c4ccccc4c4ccccc43)cc1)c1ccccc1-2. The van der Waals surface area contributed by atoms with Gasteiger partial charge in [0.15, 0.2) is 0 Å². The lowest BCUT2D eigenvalue weighted by Gasteiger charge is -2.38. The summed E-state index contributed by atoms with van der Waals surface area (Å²) in [7, 11) is 0. The number of hydrogen-bond donors (Lipinski definition) is 0. The zero-order valence-corrected chi connectivity index (χ0v) is 35.6. The molecule has 65 heavy (non-hydrogen) atoms. The molecule has 0 amide bonds. The lowest BCUT2D eigenvalue weighted by atomic mass is 9.81. The van der Waals surface area contributed by atoms with Crippen molar-refractivity contribution in [3.63, 3.8) is 0 Å². The molecule has 2 heterocycles. The van der Waals surface area contributed by atoms with E-state index in [0.29, 0.717) is 0 Å². The van der Waals surface area contributed by atoms with Crippen LogP contribution in [0.4, 0.5) is 11.4 Å². The van der Waals surface area contributed by atoms with E-state index in [1.54, 1.807) is 0 Å². The van der Waals surface area contributed by atoms with Gasteiger partial charge in [0.05, 0.1) is 22.8 Å². The van der Waals surface area contributed by atoms with Crippen LogP contribution in [0.1, 0.15) is 17.2 Å². The van der Waals surface area contributed by atoms with E-state index in [2.05, 4.69) is 234 Å². The van der Waals surface area contributed by atoms with Gasteiger partial charge in [-0.2, -0.15) is 0 Å². The third-order valence-corrected chi connectivity index (χ3v) is 13.6. The minimum Gasteiger partial charge on any atom is -0.455 e. The van der Waals surface area contributed by atoms with Gasteiger partial charge in [-0.1, -0.05) is 188 Å². The van der Waals surface area contributed by atoms with Crippen LogP contribution in [-0.2, 0) is 6.42 Å². The molecule has 1 unspecified atom stereocenters. The summed E-state index contributed by atoms with van der Waals surface area (Å²) < 4.78 is 8.81. The van der Waals surface area contributed by atoms with Crippen LogP contribution < -0.4 is 4.90 Å². The lowest BCUT2D eigenvalue weighted by Crippen LogP contribution is -2.28. The third kappa shape index (κ3) is 6.12. The molecule has 0 saturated heterocycles. The van der Waals surface area contributed by atoms with E-state index in [9.17, 15) is 0 Å². The number of benzene rings is 10. The molecule has 3 nitrogen and oxygen atoms in total. The van der Waals surface area contributed by atoms with Gasteiger partial charge in [-0.3, -0.25) is 0 Å². The second kappa shape index (κ2) is 15.1. The van der Waals surface area contributed by atoms with E-state index in [0.717, 1.165) is 50.9 Å². The monoisotopic (exact) mass is 830 g/mol. The van der Waals surface area contributed by atoms with Gasteiger partial charge in [-0.25, -0.2) is 0 Å². The normalized spacial score (nSPS) is 13.3. The van der Waals surface area contributed by atoms with Gasteiger partial charge >= 0.3 is 0 Å². The second-order valence-electron chi connectivity index (χ2n) is 17.2. The first-order valence-electron chi connectivity index (χ1n) is 22.5. The molecule has 0 radical (unpaired) electrons. The largest absolute Gasteiger partial charge is 0.455 e. The Balaban J connectivity index is 0.885. The van der Waals surface area contributed by atoms with Crippen molar-refractivity contribution in [2.45, 2.75) is 12.5 Å². The molecule has 306 valence electrons. The molecule has 13 rings (SSSR count). The van der Waals surface area contributed by atoms with Gasteiger partial charge in [-0.05, 0) is 99.5 Å². The van der Waals surface area contributed by atoms with Gasteiger partial charge in [0, 0.05) is 44.0 Å². The number of hydrogen-bond acceptors (Lipinski definition) is 2. The van der Waals surface area contributed by atoms with E-state index in [1.165, 1.54) is 72.0 Å². The predicted molar refractivity (Wildman–Crippen MR) is 271 cm³/mol. The summed E-state index contributed by atoms with van der Waals surface area (Å²) in [5, 5.41) is 4.81. The average Bonchev–Trinajstić information content (AvgIpc) is 3.93. The van der Waals surface area contributed by atoms with Gasteiger partial charge in [0.25, 0.3) is 0 Å². The van der Waals surface area contributed by atoms with E-state index < -0.39 is 0 Å². The number of rotatable bonds is 7. The summed E-state index contributed by atoms with van der Waals surface area (Å²) in [5.74, 6) is 0. The molecule has 0 N–H and O–H groups in total. The fourth-order valence-electron chi connectivity index (χ4n) is 10.6. The van der Waals surface area contributed by atoms with Gasteiger partial charge in [0.2, 0.25) is 0 Å². The van der Waals surface area contributed by atoms with Crippen LogP contribution in [0.3, 0.4) is 0 Å². The maximum atomic E-state index is 6.39. The van der Waals surface area contributed by atoms with Crippen molar-refractivity contribution in [2.24, 2.45) is 0 Å². The number of para-hydroxylation sites is 5. The number of nitrogens with zero attached hydrogens (tertiary/aromatic N) is 2. The molecule has 0 fully saturated rings. The van der Waals surface area contributed by atoms with Crippen molar-refractivity contribution in [2.75, 3.05) is 4.90 Å². The van der Waals surface area contributed by atoms with Crippen molar-refractivity contribution in [1.82, 2.24) is 4.57 Å². The predicted octanol–water partition coefficient (Wildman–Crippen LogP) is 16.8. The Hall–Kier alpha value is -8.40. The van der Waals surface area contributed by atoms with Crippen LogP contribution in [0.2, 0.25) is 0 Å². The first-order chi connectivity index (χ1) is 32.2. The van der Waals surface area contributed by atoms with Crippen molar-refractivity contribution >= 4 is 55.1 Å². The molecular weight excluding hydrogens is 789 g/mol. The summed E-state index contributed by atoms with van der Waals surface area (Å²) in [5.41, 5.74) is 20.0. The molecular formula is C62H42N2O. The van der Waals surface area contributed by atoms with Crippen molar-refractivity contribution in [1.29, 1.82) is 0 Å².